The fourth-order valence-electron chi connectivity index (χ4n) is 2.90. The van der Waals surface area contributed by atoms with Gasteiger partial charge in [0.25, 0.3) is 0 Å². The number of ether oxygens (including phenoxy) is 1. The third-order valence-electron chi connectivity index (χ3n) is 4.27. The normalized spacial score (nSPS) is 34.4. The zero-order valence-corrected chi connectivity index (χ0v) is 11.9. The first-order chi connectivity index (χ1) is 9.45. The van der Waals surface area contributed by atoms with Crippen molar-refractivity contribution in [2.24, 2.45) is 5.92 Å². The molecule has 2 heterocycles. The number of hydrogen-bond acceptors (Lipinski definition) is 4. The highest BCUT2D eigenvalue weighted by Crippen LogP contribution is 2.26. The molecular weight excluding hydrogens is 264 g/mol. The SMILES string of the molecule is CC1COC(CO)CN1C(=O)N1CCC(C(=O)O)C1C. The summed E-state index contributed by atoms with van der Waals surface area (Å²) in [5.74, 6) is -1.35. The van der Waals surface area contributed by atoms with Gasteiger partial charge in [-0.2, -0.15) is 0 Å². The summed E-state index contributed by atoms with van der Waals surface area (Å²) in [6, 6.07) is -0.528. The summed E-state index contributed by atoms with van der Waals surface area (Å²) in [6.07, 6.45) is 0.132. The van der Waals surface area contributed by atoms with Crippen molar-refractivity contribution in [2.75, 3.05) is 26.3 Å². The van der Waals surface area contributed by atoms with Gasteiger partial charge in [-0.05, 0) is 20.3 Å². The Labute approximate surface area is 118 Å². The number of morpholine rings is 1. The molecule has 4 unspecified atom stereocenters. The molecule has 4 atom stereocenters. The Morgan fingerprint density at radius 1 is 1.30 bits per heavy atom. The molecule has 0 saturated carbocycles. The maximum Gasteiger partial charge on any atom is 0.320 e. The predicted octanol–water partition coefficient (Wildman–Crippen LogP) is -0.0170. The smallest absolute Gasteiger partial charge is 0.320 e. The van der Waals surface area contributed by atoms with Gasteiger partial charge in [-0.15, -0.1) is 0 Å². The lowest BCUT2D eigenvalue weighted by atomic mass is 10.0. The molecule has 2 rings (SSSR count). The van der Waals surface area contributed by atoms with Crippen molar-refractivity contribution in [3.05, 3.63) is 0 Å². The van der Waals surface area contributed by atoms with E-state index in [1.54, 1.807) is 16.7 Å². The molecule has 2 N–H and O–H groups in total. The second kappa shape index (κ2) is 5.97. The van der Waals surface area contributed by atoms with Gasteiger partial charge in [0.2, 0.25) is 0 Å². The molecule has 0 radical (unpaired) electrons. The third kappa shape index (κ3) is 2.73. The minimum absolute atomic E-state index is 0.0682. The molecule has 7 nitrogen and oxygen atoms in total. The van der Waals surface area contributed by atoms with Gasteiger partial charge < -0.3 is 24.7 Å². The van der Waals surface area contributed by atoms with Crippen molar-refractivity contribution in [3.8, 4) is 0 Å². The van der Waals surface area contributed by atoms with Gasteiger partial charge in [-0.25, -0.2) is 4.79 Å². The lowest BCUT2D eigenvalue weighted by molar-refractivity contribution is -0.142. The largest absolute Gasteiger partial charge is 0.481 e. The molecule has 0 aliphatic carbocycles. The highest BCUT2D eigenvalue weighted by molar-refractivity contribution is 5.78. The van der Waals surface area contributed by atoms with Crippen molar-refractivity contribution in [1.29, 1.82) is 0 Å². The number of carboxylic acid groups (broad SMARTS) is 1. The van der Waals surface area contributed by atoms with Crippen LogP contribution in [0.3, 0.4) is 0 Å². The number of likely N-dealkylation sites (tertiary alicyclic amines) is 1. The quantitative estimate of drug-likeness (QED) is 0.744. The van der Waals surface area contributed by atoms with Gasteiger partial charge in [0.1, 0.15) is 0 Å². The summed E-state index contributed by atoms with van der Waals surface area (Å²) in [4.78, 5) is 27.0. The maximum absolute atomic E-state index is 12.6. The summed E-state index contributed by atoms with van der Waals surface area (Å²) in [7, 11) is 0. The van der Waals surface area contributed by atoms with Crippen LogP contribution < -0.4 is 0 Å². The van der Waals surface area contributed by atoms with E-state index in [2.05, 4.69) is 0 Å². The molecule has 7 heteroatoms. The van der Waals surface area contributed by atoms with Crippen LogP contribution in [-0.4, -0.2) is 76.5 Å². The van der Waals surface area contributed by atoms with Crippen LogP contribution in [-0.2, 0) is 9.53 Å². The average Bonchev–Trinajstić information content (AvgIpc) is 2.80. The molecule has 2 fully saturated rings. The van der Waals surface area contributed by atoms with E-state index in [1.165, 1.54) is 0 Å². The van der Waals surface area contributed by atoms with E-state index >= 15 is 0 Å². The molecule has 2 aliphatic rings. The Morgan fingerprint density at radius 3 is 2.55 bits per heavy atom. The van der Waals surface area contributed by atoms with Crippen LogP contribution in [0.1, 0.15) is 20.3 Å². The molecule has 2 saturated heterocycles. The van der Waals surface area contributed by atoms with Crippen molar-refractivity contribution in [3.63, 3.8) is 0 Å². The van der Waals surface area contributed by atoms with Gasteiger partial charge in [0, 0.05) is 12.6 Å². The molecule has 0 spiro atoms. The minimum Gasteiger partial charge on any atom is -0.481 e. The lowest BCUT2D eigenvalue weighted by Crippen LogP contribution is -2.56. The van der Waals surface area contributed by atoms with E-state index in [9.17, 15) is 9.59 Å². The lowest BCUT2D eigenvalue weighted by Gasteiger charge is -2.40. The number of rotatable bonds is 2. The van der Waals surface area contributed by atoms with Crippen molar-refractivity contribution < 1.29 is 24.5 Å². The summed E-state index contributed by atoms with van der Waals surface area (Å²) in [6.45, 7) is 4.74. The van der Waals surface area contributed by atoms with E-state index in [-0.39, 0.29) is 30.8 Å². The Kier molecular flexibility index (Phi) is 4.49. The van der Waals surface area contributed by atoms with Crippen LogP contribution >= 0.6 is 0 Å². The zero-order valence-electron chi connectivity index (χ0n) is 11.9. The van der Waals surface area contributed by atoms with E-state index in [1.807, 2.05) is 6.92 Å². The van der Waals surface area contributed by atoms with Crippen LogP contribution in [0.2, 0.25) is 0 Å². The predicted molar refractivity (Wildman–Crippen MR) is 70.3 cm³/mol. The van der Waals surface area contributed by atoms with Crippen LogP contribution in [0.4, 0.5) is 4.79 Å². The topological polar surface area (TPSA) is 90.3 Å². The number of urea groups is 1. The molecule has 0 aromatic heterocycles. The molecular formula is C13H22N2O5. The monoisotopic (exact) mass is 286 g/mol. The van der Waals surface area contributed by atoms with Gasteiger partial charge in [-0.3, -0.25) is 4.79 Å². The Hall–Kier alpha value is -1.34. The van der Waals surface area contributed by atoms with E-state index in [4.69, 9.17) is 14.9 Å². The van der Waals surface area contributed by atoms with E-state index < -0.39 is 11.9 Å². The first-order valence-corrected chi connectivity index (χ1v) is 6.98. The number of amides is 2. The number of nitrogens with zero attached hydrogens (tertiary/aromatic N) is 2. The molecule has 114 valence electrons. The van der Waals surface area contributed by atoms with E-state index in [0.717, 1.165) is 0 Å². The highest BCUT2D eigenvalue weighted by Gasteiger charge is 2.41. The second-order valence-electron chi connectivity index (χ2n) is 5.59. The van der Waals surface area contributed by atoms with Gasteiger partial charge in [0.15, 0.2) is 0 Å². The van der Waals surface area contributed by atoms with Crippen molar-refractivity contribution in [2.45, 2.75) is 38.5 Å². The summed E-state index contributed by atoms with van der Waals surface area (Å²) >= 11 is 0. The summed E-state index contributed by atoms with van der Waals surface area (Å²) < 4.78 is 5.41. The number of carboxylic acids is 1. The van der Waals surface area contributed by atoms with Gasteiger partial charge in [-0.1, -0.05) is 0 Å². The number of aliphatic hydroxyl groups excluding tert-OH is 1. The van der Waals surface area contributed by atoms with Crippen LogP contribution in [0.15, 0.2) is 0 Å². The fourth-order valence-corrected chi connectivity index (χ4v) is 2.90. The fraction of sp³-hybridized carbons (Fsp3) is 0.846. The zero-order chi connectivity index (χ0) is 14.9. The Bertz CT molecular complexity index is 389. The molecule has 0 aromatic rings. The van der Waals surface area contributed by atoms with E-state index in [0.29, 0.717) is 26.1 Å². The first kappa shape index (κ1) is 15.1. The molecule has 2 amide bonds. The van der Waals surface area contributed by atoms with Crippen molar-refractivity contribution in [1.82, 2.24) is 9.80 Å². The minimum atomic E-state index is -0.851. The number of carbonyl (C=O) groups is 2. The number of hydrogen-bond donors (Lipinski definition) is 2. The van der Waals surface area contributed by atoms with Crippen LogP contribution in [0, 0.1) is 5.92 Å². The Morgan fingerprint density at radius 2 is 2.00 bits per heavy atom. The molecule has 0 aromatic carbocycles. The van der Waals surface area contributed by atoms with Gasteiger partial charge >= 0.3 is 12.0 Å². The number of carbonyl (C=O) groups excluding carboxylic acids is 1. The van der Waals surface area contributed by atoms with Crippen LogP contribution in [0.5, 0.6) is 0 Å². The molecule has 20 heavy (non-hydrogen) atoms. The highest BCUT2D eigenvalue weighted by atomic mass is 16.5. The Balaban J connectivity index is 2.05. The van der Waals surface area contributed by atoms with Crippen molar-refractivity contribution >= 4 is 12.0 Å². The first-order valence-electron chi connectivity index (χ1n) is 6.98. The maximum atomic E-state index is 12.6. The van der Waals surface area contributed by atoms with Gasteiger partial charge in [0.05, 0.1) is 37.8 Å². The number of aliphatic carboxylic acids is 1. The van der Waals surface area contributed by atoms with Crippen LogP contribution in [0.25, 0.3) is 0 Å². The molecule has 0 bridgehead atoms. The number of aliphatic hydroxyl groups is 1. The summed E-state index contributed by atoms with van der Waals surface area (Å²) in [5, 5.41) is 18.3. The summed E-state index contributed by atoms with van der Waals surface area (Å²) in [5.41, 5.74) is 0. The third-order valence-corrected chi connectivity index (χ3v) is 4.27. The second-order valence-corrected chi connectivity index (χ2v) is 5.59. The molecule has 2 aliphatic heterocycles. The standard InChI is InChI=1S/C13H22N2O5/c1-8-7-20-10(6-16)5-15(8)13(19)14-4-3-11(9(14)2)12(17)18/h8-11,16H,3-7H2,1-2H3,(H,17,18). The average molecular weight is 286 g/mol.